The molecule has 0 atom stereocenters. The van der Waals surface area contributed by atoms with Crippen molar-refractivity contribution < 1.29 is 18.4 Å². The molecule has 0 radical (unpaired) electrons. The SMILES string of the molecule is O=C(Nc1ccc2nc(NC(=O)c3cccc(F)c3)sc2c1)c1cccc(F)c1. The topological polar surface area (TPSA) is 71.1 Å². The Morgan fingerprint density at radius 1 is 0.793 bits per heavy atom. The number of carbonyl (C=O) groups excluding carboxylic acids is 2. The second kappa shape index (κ2) is 7.76. The zero-order valence-corrected chi connectivity index (χ0v) is 15.6. The van der Waals surface area contributed by atoms with Gasteiger partial charge in [-0.1, -0.05) is 23.5 Å². The molecule has 0 aliphatic carbocycles. The van der Waals surface area contributed by atoms with Gasteiger partial charge in [0.25, 0.3) is 11.8 Å². The lowest BCUT2D eigenvalue weighted by Gasteiger charge is -2.05. The number of carbonyl (C=O) groups is 2. The van der Waals surface area contributed by atoms with Crippen LogP contribution in [0, 0.1) is 11.6 Å². The lowest BCUT2D eigenvalue weighted by molar-refractivity contribution is 0.101. The van der Waals surface area contributed by atoms with Crippen LogP contribution in [0.1, 0.15) is 20.7 Å². The van der Waals surface area contributed by atoms with Crippen molar-refractivity contribution in [2.24, 2.45) is 0 Å². The Kier molecular flexibility index (Phi) is 5.01. The van der Waals surface area contributed by atoms with Gasteiger partial charge in [-0.05, 0) is 54.6 Å². The van der Waals surface area contributed by atoms with Gasteiger partial charge in [0.2, 0.25) is 0 Å². The van der Waals surface area contributed by atoms with E-state index in [1.165, 1.54) is 47.7 Å². The Balaban J connectivity index is 1.51. The van der Waals surface area contributed by atoms with Gasteiger partial charge in [-0.25, -0.2) is 13.8 Å². The maximum atomic E-state index is 13.3. The summed E-state index contributed by atoms with van der Waals surface area (Å²) in [6.07, 6.45) is 0. The van der Waals surface area contributed by atoms with E-state index in [1.807, 2.05) is 0 Å². The van der Waals surface area contributed by atoms with E-state index in [4.69, 9.17) is 0 Å². The smallest absolute Gasteiger partial charge is 0.257 e. The summed E-state index contributed by atoms with van der Waals surface area (Å²) in [6, 6.07) is 15.8. The summed E-state index contributed by atoms with van der Waals surface area (Å²) in [5.74, 6) is -1.90. The van der Waals surface area contributed by atoms with Gasteiger partial charge in [0.05, 0.1) is 10.2 Å². The molecule has 2 N–H and O–H groups in total. The number of nitrogens with one attached hydrogen (secondary N) is 2. The third-order valence-electron chi connectivity index (χ3n) is 4.04. The van der Waals surface area contributed by atoms with Crippen LogP contribution in [0.2, 0.25) is 0 Å². The van der Waals surface area contributed by atoms with E-state index in [9.17, 15) is 18.4 Å². The molecule has 29 heavy (non-hydrogen) atoms. The zero-order chi connectivity index (χ0) is 20.4. The average molecular weight is 409 g/mol. The van der Waals surface area contributed by atoms with Gasteiger partial charge in [0.1, 0.15) is 11.6 Å². The minimum Gasteiger partial charge on any atom is -0.322 e. The molecule has 1 aromatic heterocycles. The van der Waals surface area contributed by atoms with Crippen LogP contribution in [0.25, 0.3) is 10.2 Å². The first kappa shape index (κ1) is 18.7. The maximum Gasteiger partial charge on any atom is 0.257 e. The fourth-order valence-corrected chi connectivity index (χ4v) is 3.59. The predicted octanol–water partition coefficient (Wildman–Crippen LogP) is 5.08. The highest BCUT2D eigenvalue weighted by atomic mass is 32.1. The van der Waals surface area contributed by atoms with Crippen LogP contribution in [0.5, 0.6) is 0 Å². The Bertz CT molecular complexity index is 1180. The number of aromatic nitrogens is 1. The number of hydrogen-bond acceptors (Lipinski definition) is 4. The first-order valence-corrected chi connectivity index (χ1v) is 9.34. The molecule has 0 spiro atoms. The molecule has 1 heterocycles. The quantitative estimate of drug-likeness (QED) is 0.494. The standard InChI is InChI=1S/C21H13F2N3O2S/c22-14-5-1-3-12(9-14)19(27)24-16-7-8-17-18(11-16)29-21(25-17)26-20(28)13-4-2-6-15(23)10-13/h1-11H,(H,24,27)(H,25,26,28). The van der Waals surface area contributed by atoms with E-state index < -0.39 is 23.4 Å². The van der Waals surface area contributed by atoms with Crippen LogP contribution in [0.15, 0.2) is 66.7 Å². The summed E-state index contributed by atoms with van der Waals surface area (Å²) in [6.45, 7) is 0. The lowest BCUT2D eigenvalue weighted by atomic mass is 10.2. The number of nitrogens with zero attached hydrogens (tertiary/aromatic N) is 1. The number of fused-ring (bicyclic) bond motifs is 1. The van der Waals surface area contributed by atoms with Gasteiger partial charge in [-0.2, -0.15) is 0 Å². The molecule has 4 aromatic rings. The second-order valence-corrected chi connectivity index (χ2v) is 7.16. The largest absolute Gasteiger partial charge is 0.322 e. The maximum absolute atomic E-state index is 13.3. The van der Waals surface area contributed by atoms with Crippen molar-refractivity contribution in [1.82, 2.24) is 4.98 Å². The third kappa shape index (κ3) is 4.27. The number of amides is 2. The summed E-state index contributed by atoms with van der Waals surface area (Å²) in [4.78, 5) is 28.8. The van der Waals surface area contributed by atoms with Crippen molar-refractivity contribution in [3.05, 3.63) is 89.5 Å². The average Bonchev–Trinajstić information content (AvgIpc) is 3.09. The summed E-state index contributed by atoms with van der Waals surface area (Å²) in [7, 11) is 0. The normalized spacial score (nSPS) is 10.7. The van der Waals surface area contributed by atoms with Gasteiger partial charge < -0.3 is 5.32 Å². The van der Waals surface area contributed by atoms with Gasteiger partial charge in [0, 0.05) is 16.8 Å². The monoisotopic (exact) mass is 409 g/mol. The van der Waals surface area contributed by atoms with E-state index >= 15 is 0 Å². The molecule has 0 aliphatic heterocycles. The fraction of sp³-hybridized carbons (Fsp3) is 0. The number of hydrogen-bond donors (Lipinski definition) is 2. The highest BCUT2D eigenvalue weighted by Crippen LogP contribution is 2.29. The highest BCUT2D eigenvalue weighted by Gasteiger charge is 2.12. The van der Waals surface area contributed by atoms with Crippen LogP contribution in [-0.2, 0) is 0 Å². The molecular weight excluding hydrogens is 396 g/mol. The molecule has 0 unspecified atom stereocenters. The van der Waals surface area contributed by atoms with Crippen molar-refractivity contribution in [1.29, 1.82) is 0 Å². The van der Waals surface area contributed by atoms with Crippen molar-refractivity contribution >= 4 is 44.2 Å². The highest BCUT2D eigenvalue weighted by molar-refractivity contribution is 7.22. The molecule has 2 amide bonds. The minimum absolute atomic E-state index is 0.187. The minimum atomic E-state index is -0.499. The molecule has 8 heteroatoms. The Labute approximate surface area is 168 Å². The van der Waals surface area contributed by atoms with Crippen molar-refractivity contribution in [2.45, 2.75) is 0 Å². The number of thiazole rings is 1. The molecular formula is C21H13F2N3O2S. The van der Waals surface area contributed by atoms with Crippen molar-refractivity contribution in [3.8, 4) is 0 Å². The van der Waals surface area contributed by atoms with E-state index in [-0.39, 0.29) is 11.1 Å². The Morgan fingerprint density at radius 2 is 1.41 bits per heavy atom. The number of benzene rings is 3. The summed E-state index contributed by atoms with van der Waals surface area (Å²) >= 11 is 1.22. The molecule has 0 aliphatic rings. The molecule has 0 bridgehead atoms. The first-order chi connectivity index (χ1) is 14.0. The molecule has 3 aromatic carbocycles. The van der Waals surface area contributed by atoms with Gasteiger partial charge >= 0.3 is 0 Å². The molecule has 0 saturated heterocycles. The van der Waals surface area contributed by atoms with Crippen LogP contribution >= 0.6 is 11.3 Å². The lowest BCUT2D eigenvalue weighted by Crippen LogP contribution is -2.11. The summed E-state index contributed by atoms with van der Waals surface area (Å²) in [5.41, 5.74) is 1.54. The van der Waals surface area contributed by atoms with E-state index in [0.29, 0.717) is 16.3 Å². The van der Waals surface area contributed by atoms with E-state index in [2.05, 4.69) is 15.6 Å². The summed E-state index contributed by atoms with van der Waals surface area (Å²) in [5, 5.41) is 5.69. The molecule has 144 valence electrons. The molecule has 4 rings (SSSR count). The third-order valence-corrected chi connectivity index (χ3v) is 4.97. The first-order valence-electron chi connectivity index (χ1n) is 8.52. The predicted molar refractivity (Wildman–Crippen MR) is 108 cm³/mol. The van der Waals surface area contributed by atoms with Crippen LogP contribution in [-0.4, -0.2) is 16.8 Å². The number of anilines is 2. The number of halogens is 2. The van der Waals surface area contributed by atoms with Gasteiger partial charge in [0.15, 0.2) is 5.13 Å². The molecule has 5 nitrogen and oxygen atoms in total. The number of rotatable bonds is 4. The van der Waals surface area contributed by atoms with Crippen LogP contribution < -0.4 is 10.6 Å². The van der Waals surface area contributed by atoms with E-state index in [0.717, 1.165) is 16.8 Å². The Hall–Kier alpha value is -3.65. The second-order valence-electron chi connectivity index (χ2n) is 6.13. The fourth-order valence-electron chi connectivity index (χ4n) is 2.69. The van der Waals surface area contributed by atoms with Gasteiger partial charge in [-0.3, -0.25) is 14.9 Å². The zero-order valence-electron chi connectivity index (χ0n) is 14.8. The van der Waals surface area contributed by atoms with Crippen molar-refractivity contribution in [2.75, 3.05) is 10.6 Å². The van der Waals surface area contributed by atoms with Gasteiger partial charge in [-0.15, -0.1) is 0 Å². The Morgan fingerprint density at radius 3 is 2.03 bits per heavy atom. The molecule has 0 saturated carbocycles. The summed E-state index contributed by atoms with van der Waals surface area (Å²) < 4.78 is 27.3. The van der Waals surface area contributed by atoms with Crippen LogP contribution in [0.4, 0.5) is 19.6 Å². The molecule has 0 fully saturated rings. The van der Waals surface area contributed by atoms with E-state index in [1.54, 1.807) is 18.2 Å². The van der Waals surface area contributed by atoms with Crippen molar-refractivity contribution in [3.63, 3.8) is 0 Å². The van der Waals surface area contributed by atoms with Crippen LogP contribution in [0.3, 0.4) is 0 Å².